The largest absolute Gasteiger partial charge is 0.496 e. The molecule has 2 bridgehead atoms. The van der Waals surface area contributed by atoms with E-state index < -0.39 is 63.3 Å². The van der Waals surface area contributed by atoms with E-state index in [1.807, 2.05) is 50.1 Å². The lowest BCUT2D eigenvalue weighted by atomic mass is 9.47. The van der Waals surface area contributed by atoms with Crippen molar-refractivity contribution in [1.29, 1.82) is 0 Å². The number of piperidine rings is 1. The summed E-state index contributed by atoms with van der Waals surface area (Å²) in [4.78, 5) is 52.9. The minimum atomic E-state index is -2.34. The number of carbonyl (C=O) groups is 3. The number of fused-ring (bicyclic) bond motifs is 6. The van der Waals surface area contributed by atoms with Crippen LogP contribution >= 0.6 is 0 Å². The van der Waals surface area contributed by atoms with Crippen LogP contribution in [0.2, 0.25) is 0 Å². The highest BCUT2D eigenvalue weighted by atomic mass is 19.1. The number of methoxy groups -OCH3 is 3. The summed E-state index contributed by atoms with van der Waals surface area (Å²) in [5.41, 5.74) is -2.77. The third kappa shape index (κ3) is 5.26. The van der Waals surface area contributed by atoms with Gasteiger partial charge in [-0.2, -0.15) is 0 Å². The Morgan fingerprint density at radius 2 is 1.73 bits per heavy atom. The Morgan fingerprint density at radius 3 is 2.42 bits per heavy atom. The molecule has 1 saturated carbocycles. The fourth-order valence-electron chi connectivity index (χ4n) is 13.5. The van der Waals surface area contributed by atoms with Crippen LogP contribution in [0.25, 0.3) is 10.9 Å². The summed E-state index contributed by atoms with van der Waals surface area (Å²) >= 11 is 0. The molecule has 2 aromatic carbocycles. The van der Waals surface area contributed by atoms with Gasteiger partial charge in [-0.3, -0.25) is 19.4 Å². The number of benzene rings is 2. The van der Waals surface area contributed by atoms with Gasteiger partial charge < -0.3 is 39.0 Å². The average Bonchev–Trinajstić information content (AvgIpc) is 3.89. The quantitative estimate of drug-likeness (QED) is 0.178. The summed E-state index contributed by atoms with van der Waals surface area (Å²) in [6, 6.07) is 7.22. The van der Waals surface area contributed by atoms with Crippen LogP contribution < -0.4 is 9.64 Å². The van der Waals surface area contributed by atoms with Crippen molar-refractivity contribution in [2.45, 2.75) is 99.5 Å². The van der Waals surface area contributed by atoms with Crippen molar-refractivity contribution in [1.82, 2.24) is 14.8 Å². The fourth-order valence-corrected chi connectivity index (χ4v) is 13.5. The lowest BCUT2D eigenvalue weighted by Gasteiger charge is -2.63. The van der Waals surface area contributed by atoms with Crippen LogP contribution in [0.15, 0.2) is 42.5 Å². The maximum atomic E-state index is 15.3. The van der Waals surface area contributed by atoms with Gasteiger partial charge in [0.25, 0.3) is 0 Å². The van der Waals surface area contributed by atoms with Gasteiger partial charge >= 0.3 is 17.9 Å². The first-order valence-corrected chi connectivity index (χ1v) is 21.3. The topological polar surface area (TPSA) is 154 Å². The van der Waals surface area contributed by atoms with Crippen LogP contribution in [0.1, 0.15) is 75.3 Å². The number of nitrogens with one attached hydrogen (secondary N) is 1. The molecule has 9 rings (SSSR count). The second kappa shape index (κ2) is 14.0. The van der Waals surface area contributed by atoms with E-state index in [-0.39, 0.29) is 18.4 Å². The average molecular weight is 829 g/mol. The molecule has 0 radical (unpaired) electrons. The molecule has 6 aliphatic rings. The summed E-state index contributed by atoms with van der Waals surface area (Å²) in [6.45, 7) is 8.20. The Bertz CT molecular complexity index is 2320. The molecule has 0 amide bonds. The van der Waals surface area contributed by atoms with Gasteiger partial charge in [0, 0.05) is 90.9 Å². The van der Waals surface area contributed by atoms with Gasteiger partial charge in [0.2, 0.25) is 5.60 Å². The molecular formula is C46H57FN4O9. The summed E-state index contributed by atoms with van der Waals surface area (Å²) < 4.78 is 39.0. The molecule has 10 atom stereocenters. The van der Waals surface area contributed by atoms with Crippen LogP contribution in [-0.4, -0.2) is 133 Å². The SMILES string of the molecule is CC[C@]1(O)C[C@@H]2CN(CCc3c([nH]c4ccc(F)cc34)[C@@](C(=O)OC)(c3cc4c(cc3OC)N(C)C3[C@]45CCN4CC=C[C@@](CC)([C@@H](OC(C)=O)[C@]3(O)C(=O)OC)[C@H]45)C2)C1. The number of aromatic nitrogens is 1. The second-order valence-electron chi connectivity index (χ2n) is 18.3. The van der Waals surface area contributed by atoms with Crippen molar-refractivity contribution in [3.8, 4) is 5.75 Å². The van der Waals surface area contributed by atoms with Crippen LogP contribution in [0.3, 0.4) is 0 Å². The maximum absolute atomic E-state index is 15.3. The van der Waals surface area contributed by atoms with E-state index in [1.54, 1.807) is 13.2 Å². The normalized spacial score (nSPS) is 36.6. The van der Waals surface area contributed by atoms with E-state index in [0.29, 0.717) is 98.4 Å². The molecule has 5 aliphatic heterocycles. The number of nitrogens with zero attached hydrogens (tertiary/aromatic N) is 3. The Labute approximate surface area is 349 Å². The third-order valence-electron chi connectivity index (χ3n) is 15.7. The molecule has 2 unspecified atom stereocenters. The van der Waals surface area contributed by atoms with Gasteiger partial charge in [0.05, 0.1) is 33.0 Å². The van der Waals surface area contributed by atoms with Crippen LogP contribution in [-0.2, 0) is 45.8 Å². The summed E-state index contributed by atoms with van der Waals surface area (Å²) in [5, 5.41) is 26.0. The molecule has 13 nitrogen and oxygen atoms in total. The number of halogens is 1. The predicted octanol–water partition coefficient (Wildman–Crippen LogP) is 4.13. The van der Waals surface area contributed by atoms with Gasteiger partial charge in [-0.25, -0.2) is 9.18 Å². The molecule has 2 saturated heterocycles. The van der Waals surface area contributed by atoms with Crippen LogP contribution in [0, 0.1) is 17.2 Å². The maximum Gasteiger partial charge on any atom is 0.344 e. The standard InChI is InChI=1S/C46H57FN4O9/c1-8-42(55)22-27-23-45(40(53)58-6,36-29(13-17-50(24-27)25-42)30-19-28(47)11-12-33(30)48-36)32-20-31-34(21-35(32)57-5)49(4)38-44(31)15-18-51-16-10-14-43(9-2,37(44)51)39(60-26(3)52)46(38,56)41(54)59-7/h10-12,14,19-21,27,37-39,48,55-56H,8-9,13,15-18,22-25H2,1-7H3/t27-,37-,38?,39+,42-,43+,44+,45-,46-/m0/s1. The van der Waals surface area contributed by atoms with E-state index in [1.165, 1.54) is 33.3 Å². The van der Waals surface area contributed by atoms with Crippen molar-refractivity contribution in [3.63, 3.8) is 0 Å². The Hall–Kier alpha value is -4.50. The van der Waals surface area contributed by atoms with Gasteiger partial charge in [0.15, 0.2) is 6.10 Å². The number of ether oxygens (including phenoxy) is 4. The molecule has 322 valence electrons. The molecule has 6 heterocycles. The minimum absolute atomic E-state index is 0.176. The molecule has 1 aromatic heterocycles. The van der Waals surface area contributed by atoms with Crippen LogP contribution in [0.5, 0.6) is 5.75 Å². The zero-order chi connectivity index (χ0) is 42.7. The molecule has 3 fully saturated rings. The lowest BCUT2D eigenvalue weighted by Crippen LogP contribution is -2.81. The summed E-state index contributed by atoms with van der Waals surface area (Å²) in [7, 11) is 6.00. The number of hydrogen-bond acceptors (Lipinski definition) is 12. The van der Waals surface area contributed by atoms with E-state index >= 15 is 9.18 Å². The fraction of sp³-hybridized carbons (Fsp3) is 0.587. The monoisotopic (exact) mass is 828 g/mol. The van der Waals surface area contributed by atoms with Crippen molar-refractivity contribution >= 4 is 34.5 Å². The van der Waals surface area contributed by atoms with Gasteiger partial charge in [-0.05, 0) is 86.4 Å². The molecule has 3 N–H and O–H groups in total. The highest BCUT2D eigenvalue weighted by Crippen LogP contribution is 2.68. The van der Waals surface area contributed by atoms with Crippen molar-refractivity contribution in [3.05, 3.63) is 70.7 Å². The number of esters is 3. The molecule has 1 aliphatic carbocycles. The zero-order valence-corrected chi connectivity index (χ0v) is 35.6. The smallest absolute Gasteiger partial charge is 0.344 e. The highest BCUT2D eigenvalue weighted by molar-refractivity contribution is 5.95. The molecule has 14 heteroatoms. The highest BCUT2D eigenvalue weighted by Gasteiger charge is 2.80. The number of carbonyl (C=O) groups excluding carboxylic acids is 3. The molecule has 3 aromatic rings. The number of aromatic amines is 1. The van der Waals surface area contributed by atoms with Gasteiger partial charge in [-0.15, -0.1) is 0 Å². The van der Waals surface area contributed by atoms with Crippen LogP contribution in [0.4, 0.5) is 10.1 Å². The summed E-state index contributed by atoms with van der Waals surface area (Å²) in [5.74, 6) is -2.26. The number of aliphatic hydroxyl groups is 2. The predicted molar refractivity (Wildman–Crippen MR) is 220 cm³/mol. The first-order chi connectivity index (χ1) is 28.6. The van der Waals surface area contributed by atoms with Crippen molar-refractivity contribution in [2.75, 3.05) is 66.0 Å². The van der Waals surface area contributed by atoms with E-state index in [4.69, 9.17) is 18.9 Å². The second-order valence-corrected chi connectivity index (χ2v) is 18.3. The molecular weight excluding hydrogens is 772 g/mol. The minimum Gasteiger partial charge on any atom is -0.496 e. The number of hydrogen-bond donors (Lipinski definition) is 3. The van der Waals surface area contributed by atoms with E-state index in [2.05, 4.69) is 14.8 Å². The first kappa shape index (κ1) is 40.9. The van der Waals surface area contributed by atoms with E-state index in [0.717, 1.165) is 11.1 Å². The third-order valence-corrected chi connectivity index (χ3v) is 15.7. The van der Waals surface area contributed by atoms with Crippen molar-refractivity contribution in [2.24, 2.45) is 11.3 Å². The molecule has 1 spiro atoms. The number of likely N-dealkylation sites (N-methyl/N-ethyl adjacent to an activating group) is 1. The Morgan fingerprint density at radius 1 is 0.967 bits per heavy atom. The number of rotatable bonds is 7. The first-order valence-electron chi connectivity index (χ1n) is 21.3. The van der Waals surface area contributed by atoms with E-state index in [9.17, 15) is 19.8 Å². The number of anilines is 1. The van der Waals surface area contributed by atoms with Crippen molar-refractivity contribution < 1.29 is 47.9 Å². The Balaban J connectivity index is 1.37. The Kier molecular flexibility index (Phi) is 9.55. The lowest BCUT2D eigenvalue weighted by molar-refractivity contribution is -0.228. The van der Waals surface area contributed by atoms with Gasteiger partial charge in [-0.1, -0.05) is 26.0 Å². The number of H-pyrrole nitrogens is 1. The van der Waals surface area contributed by atoms with Gasteiger partial charge in [0.1, 0.15) is 17.0 Å². The summed E-state index contributed by atoms with van der Waals surface area (Å²) in [6.07, 6.45) is 5.41. The molecule has 60 heavy (non-hydrogen) atoms. The zero-order valence-electron chi connectivity index (χ0n) is 35.6.